The minimum absolute atomic E-state index is 0. The van der Waals surface area contributed by atoms with Gasteiger partial charge in [-0.2, -0.15) is 0 Å². The molecule has 1 aromatic heterocycles. The average molecular weight is 380 g/mol. The number of nitrogens with one attached hydrogen (secondary N) is 1. The average Bonchev–Trinajstić information content (AvgIpc) is 2.97. The fraction of sp³-hybridized carbons (Fsp3) is 0.474. The fourth-order valence-electron chi connectivity index (χ4n) is 3.17. The van der Waals surface area contributed by atoms with Crippen LogP contribution in [0.2, 0.25) is 0 Å². The number of hydrogen-bond donors (Lipinski definition) is 1. The number of carbonyl (C=O) groups excluding carboxylic acids is 1. The van der Waals surface area contributed by atoms with Crippen LogP contribution >= 0.6 is 12.4 Å². The Balaban J connectivity index is 0.00000243. The molecule has 6 nitrogen and oxygen atoms in total. The van der Waals surface area contributed by atoms with Crippen molar-refractivity contribution < 1.29 is 14.1 Å². The third-order valence-electron chi connectivity index (χ3n) is 4.86. The molecule has 26 heavy (non-hydrogen) atoms. The van der Waals surface area contributed by atoms with Gasteiger partial charge in [0.15, 0.2) is 0 Å². The molecule has 1 N–H and O–H groups in total. The van der Waals surface area contributed by atoms with Gasteiger partial charge in [0.05, 0.1) is 16.8 Å². The molecule has 2 aromatic rings. The number of rotatable bonds is 5. The Morgan fingerprint density at radius 3 is 2.62 bits per heavy atom. The Bertz CT molecular complexity index is 720. The van der Waals surface area contributed by atoms with Crippen LogP contribution in [0.4, 0.5) is 0 Å². The van der Waals surface area contributed by atoms with Crippen molar-refractivity contribution in [1.82, 2.24) is 15.4 Å². The van der Waals surface area contributed by atoms with Gasteiger partial charge in [-0.15, -0.1) is 12.4 Å². The normalized spacial score (nSPS) is 14.8. The lowest BCUT2D eigenvalue weighted by molar-refractivity contribution is 0.0702. The van der Waals surface area contributed by atoms with Crippen molar-refractivity contribution >= 4 is 18.3 Å². The molecular formula is C19H26ClN3O3. The van der Waals surface area contributed by atoms with Crippen LogP contribution in [-0.4, -0.2) is 42.1 Å². The minimum atomic E-state index is 0. The molecule has 3 rings (SSSR count). The first-order valence-electron chi connectivity index (χ1n) is 8.70. The molecule has 2 heterocycles. The van der Waals surface area contributed by atoms with Crippen molar-refractivity contribution in [3.05, 3.63) is 46.8 Å². The van der Waals surface area contributed by atoms with E-state index in [-0.39, 0.29) is 18.3 Å². The van der Waals surface area contributed by atoms with Gasteiger partial charge < -0.3 is 19.5 Å². The molecule has 1 aliphatic heterocycles. The van der Waals surface area contributed by atoms with E-state index in [1.54, 1.807) is 0 Å². The van der Waals surface area contributed by atoms with E-state index in [0.29, 0.717) is 24.0 Å². The molecule has 0 atom stereocenters. The molecule has 1 aromatic carbocycles. The maximum atomic E-state index is 12.9. The summed E-state index contributed by atoms with van der Waals surface area (Å²) in [5, 5.41) is 7.22. The van der Waals surface area contributed by atoms with Gasteiger partial charge in [0.2, 0.25) is 0 Å². The van der Waals surface area contributed by atoms with E-state index < -0.39 is 0 Å². The summed E-state index contributed by atoms with van der Waals surface area (Å²) in [5.41, 5.74) is 2.35. The van der Waals surface area contributed by atoms with Gasteiger partial charge in [-0.3, -0.25) is 4.79 Å². The molecule has 0 bridgehead atoms. The topological polar surface area (TPSA) is 67.6 Å². The number of nitrogens with zero attached hydrogens (tertiary/aromatic N) is 2. The number of hydrogen-bond acceptors (Lipinski definition) is 5. The van der Waals surface area contributed by atoms with E-state index in [9.17, 15) is 4.79 Å². The van der Waals surface area contributed by atoms with Crippen molar-refractivity contribution in [2.24, 2.45) is 0 Å². The van der Waals surface area contributed by atoms with E-state index >= 15 is 0 Å². The Kier molecular flexibility index (Phi) is 7.06. The molecule has 0 spiro atoms. The smallest absolute Gasteiger partial charge is 0.257 e. The standard InChI is InChI=1S/C19H25N3O3.ClH/c1-13-17(14(2)25-21-13)12-24-18-7-5-4-6-16(18)19(23)22-10-8-15(20-3)9-11-22;/h4-7,15,20H,8-12H2,1-3H3;1H. The highest BCUT2D eigenvalue weighted by Crippen LogP contribution is 2.24. The third kappa shape index (κ3) is 4.37. The fourth-order valence-corrected chi connectivity index (χ4v) is 3.17. The van der Waals surface area contributed by atoms with Crippen LogP contribution in [0, 0.1) is 13.8 Å². The summed E-state index contributed by atoms with van der Waals surface area (Å²) in [7, 11) is 1.97. The van der Waals surface area contributed by atoms with Crippen molar-refractivity contribution in [2.75, 3.05) is 20.1 Å². The van der Waals surface area contributed by atoms with Gasteiger partial charge in [0.25, 0.3) is 5.91 Å². The van der Waals surface area contributed by atoms with Gasteiger partial charge >= 0.3 is 0 Å². The van der Waals surface area contributed by atoms with Crippen LogP contribution in [-0.2, 0) is 6.61 Å². The molecule has 1 amide bonds. The number of para-hydroxylation sites is 1. The van der Waals surface area contributed by atoms with Crippen molar-refractivity contribution in [3.63, 3.8) is 0 Å². The number of likely N-dealkylation sites (tertiary alicyclic amines) is 1. The van der Waals surface area contributed by atoms with Gasteiger partial charge in [-0.25, -0.2) is 0 Å². The van der Waals surface area contributed by atoms with Crippen LogP contribution in [0.5, 0.6) is 5.75 Å². The lowest BCUT2D eigenvalue weighted by atomic mass is 10.0. The van der Waals surface area contributed by atoms with E-state index in [2.05, 4.69) is 10.5 Å². The lowest BCUT2D eigenvalue weighted by Crippen LogP contribution is -2.44. The molecule has 1 aliphatic rings. The zero-order chi connectivity index (χ0) is 17.8. The van der Waals surface area contributed by atoms with Gasteiger partial charge in [-0.05, 0) is 45.9 Å². The van der Waals surface area contributed by atoms with Gasteiger partial charge in [0, 0.05) is 19.1 Å². The number of halogens is 1. The van der Waals surface area contributed by atoms with Crippen LogP contribution in [0.15, 0.2) is 28.8 Å². The van der Waals surface area contributed by atoms with Gasteiger partial charge in [0.1, 0.15) is 18.1 Å². The second kappa shape index (κ2) is 9.05. The highest BCUT2D eigenvalue weighted by molar-refractivity contribution is 5.97. The summed E-state index contributed by atoms with van der Waals surface area (Å²) in [6.07, 6.45) is 1.95. The second-order valence-corrected chi connectivity index (χ2v) is 6.44. The quantitative estimate of drug-likeness (QED) is 0.864. The summed E-state index contributed by atoms with van der Waals surface area (Å²) >= 11 is 0. The zero-order valence-electron chi connectivity index (χ0n) is 15.4. The first-order valence-corrected chi connectivity index (χ1v) is 8.70. The molecular weight excluding hydrogens is 354 g/mol. The lowest BCUT2D eigenvalue weighted by Gasteiger charge is -2.32. The number of benzene rings is 1. The molecule has 1 saturated heterocycles. The SMILES string of the molecule is CNC1CCN(C(=O)c2ccccc2OCc2c(C)noc2C)CC1.Cl. The zero-order valence-corrected chi connectivity index (χ0v) is 16.3. The number of aryl methyl sites for hydroxylation is 2. The highest BCUT2D eigenvalue weighted by atomic mass is 35.5. The first-order chi connectivity index (χ1) is 12.1. The van der Waals surface area contributed by atoms with Crippen LogP contribution < -0.4 is 10.1 Å². The molecule has 7 heteroatoms. The number of ether oxygens (including phenoxy) is 1. The number of aromatic nitrogens is 1. The Morgan fingerprint density at radius 2 is 2.00 bits per heavy atom. The predicted molar refractivity (Wildman–Crippen MR) is 102 cm³/mol. The maximum absolute atomic E-state index is 12.9. The van der Waals surface area contributed by atoms with E-state index in [1.165, 1.54) is 0 Å². The van der Waals surface area contributed by atoms with E-state index in [4.69, 9.17) is 9.26 Å². The Hall–Kier alpha value is -2.05. The monoisotopic (exact) mass is 379 g/mol. The summed E-state index contributed by atoms with van der Waals surface area (Å²) in [5.74, 6) is 1.38. The van der Waals surface area contributed by atoms with Crippen molar-refractivity contribution in [2.45, 2.75) is 39.3 Å². The molecule has 0 aliphatic carbocycles. The summed E-state index contributed by atoms with van der Waals surface area (Å²) in [4.78, 5) is 14.8. The Morgan fingerprint density at radius 1 is 1.31 bits per heavy atom. The van der Waals surface area contributed by atoms with Crippen molar-refractivity contribution in [3.8, 4) is 5.75 Å². The summed E-state index contributed by atoms with van der Waals surface area (Å²) < 4.78 is 11.1. The van der Waals surface area contributed by atoms with Crippen LogP contribution in [0.25, 0.3) is 0 Å². The number of amides is 1. The molecule has 0 radical (unpaired) electrons. The van der Waals surface area contributed by atoms with Gasteiger partial charge in [-0.1, -0.05) is 17.3 Å². The summed E-state index contributed by atoms with van der Waals surface area (Å²) in [6, 6.07) is 7.92. The minimum Gasteiger partial charge on any atom is -0.488 e. The maximum Gasteiger partial charge on any atom is 0.257 e. The van der Waals surface area contributed by atoms with Crippen LogP contribution in [0.3, 0.4) is 0 Å². The second-order valence-electron chi connectivity index (χ2n) is 6.44. The molecule has 142 valence electrons. The highest BCUT2D eigenvalue weighted by Gasteiger charge is 2.24. The first kappa shape index (κ1) is 20.3. The third-order valence-corrected chi connectivity index (χ3v) is 4.86. The number of piperidine rings is 1. The molecule has 1 fully saturated rings. The predicted octanol–water partition coefficient (Wildman–Crippen LogP) is 3.12. The van der Waals surface area contributed by atoms with E-state index in [0.717, 1.165) is 42.9 Å². The summed E-state index contributed by atoms with van der Waals surface area (Å²) in [6.45, 7) is 5.62. The molecule has 0 unspecified atom stereocenters. The Labute approximate surface area is 160 Å². The number of carbonyl (C=O) groups is 1. The van der Waals surface area contributed by atoms with E-state index in [1.807, 2.05) is 50.1 Å². The molecule has 0 saturated carbocycles. The largest absolute Gasteiger partial charge is 0.488 e. The van der Waals surface area contributed by atoms with Crippen LogP contribution in [0.1, 0.15) is 40.2 Å². The van der Waals surface area contributed by atoms with Crippen molar-refractivity contribution in [1.29, 1.82) is 0 Å².